The molecule has 7 heteroatoms. The number of ketones is 1. The van der Waals surface area contributed by atoms with Gasteiger partial charge in [-0.1, -0.05) is 12.1 Å². The van der Waals surface area contributed by atoms with Gasteiger partial charge in [0, 0.05) is 37.2 Å². The van der Waals surface area contributed by atoms with Crippen molar-refractivity contribution in [2.45, 2.75) is 25.7 Å². The van der Waals surface area contributed by atoms with Crippen LogP contribution in [-0.4, -0.2) is 54.7 Å². The summed E-state index contributed by atoms with van der Waals surface area (Å²) in [5, 5.41) is 0. The van der Waals surface area contributed by atoms with Gasteiger partial charge in [-0.3, -0.25) is 19.2 Å². The molecule has 0 saturated carbocycles. The average Bonchev–Trinajstić information content (AvgIpc) is 3.21. The van der Waals surface area contributed by atoms with Gasteiger partial charge in [-0.05, 0) is 25.0 Å². The standard InChI is InChI=1S/C18H20N2O5/c21-15(12-25-18(24)11-19-8-2-6-16(19)22)13-4-1-5-14(10-13)20-9-3-7-17(20)23/h1,4-5,10H,2-3,6-9,11-12H2. The number of Topliss-reactive ketones (excluding diaryl/α,β-unsaturated/α-hetero) is 1. The van der Waals surface area contributed by atoms with Gasteiger partial charge in [0.05, 0.1) is 0 Å². The van der Waals surface area contributed by atoms with E-state index in [9.17, 15) is 19.2 Å². The van der Waals surface area contributed by atoms with Crippen molar-refractivity contribution in [2.75, 3.05) is 31.1 Å². The van der Waals surface area contributed by atoms with Crippen LogP contribution in [0, 0.1) is 0 Å². The number of nitrogens with zero attached hydrogens (tertiary/aromatic N) is 2. The van der Waals surface area contributed by atoms with Crippen LogP contribution in [-0.2, 0) is 19.1 Å². The molecule has 0 N–H and O–H groups in total. The zero-order valence-electron chi connectivity index (χ0n) is 13.9. The summed E-state index contributed by atoms with van der Waals surface area (Å²) < 4.78 is 4.99. The van der Waals surface area contributed by atoms with E-state index in [0.717, 1.165) is 12.8 Å². The fourth-order valence-electron chi connectivity index (χ4n) is 3.07. The lowest BCUT2D eigenvalue weighted by Gasteiger charge is -2.16. The molecule has 0 bridgehead atoms. The van der Waals surface area contributed by atoms with Crippen LogP contribution in [0.15, 0.2) is 24.3 Å². The molecule has 2 heterocycles. The van der Waals surface area contributed by atoms with Crippen molar-refractivity contribution in [1.29, 1.82) is 0 Å². The zero-order valence-corrected chi connectivity index (χ0v) is 13.9. The van der Waals surface area contributed by atoms with E-state index in [1.807, 2.05) is 0 Å². The molecule has 2 aliphatic heterocycles. The molecule has 0 aromatic heterocycles. The summed E-state index contributed by atoms with van der Waals surface area (Å²) >= 11 is 0. The van der Waals surface area contributed by atoms with Crippen LogP contribution in [0.4, 0.5) is 5.69 Å². The highest BCUT2D eigenvalue weighted by molar-refractivity contribution is 6.01. The highest BCUT2D eigenvalue weighted by Crippen LogP contribution is 2.22. The summed E-state index contributed by atoms with van der Waals surface area (Å²) in [6, 6.07) is 6.76. The molecular weight excluding hydrogens is 324 g/mol. The smallest absolute Gasteiger partial charge is 0.326 e. The van der Waals surface area contributed by atoms with E-state index >= 15 is 0 Å². The van der Waals surface area contributed by atoms with Crippen LogP contribution in [0.1, 0.15) is 36.0 Å². The molecular formula is C18H20N2O5. The Morgan fingerprint density at radius 3 is 2.48 bits per heavy atom. The quantitative estimate of drug-likeness (QED) is 0.571. The number of rotatable bonds is 6. The van der Waals surface area contributed by atoms with E-state index in [4.69, 9.17) is 4.74 Å². The summed E-state index contributed by atoms with van der Waals surface area (Å²) in [4.78, 5) is 50.4. The minimum absolute atomic E-state index is 0.0475. The van der Waals surface area contributed by atoms with Crippen LogP contribution < -0.4 is 4.90 Å². The van der Waals surface area contributed by atoms with Crippen molar-refractivity contribution < 1.29 is 23.9 Å². The number of hydrogen-bond donors (Lipinski definition) is 0. The number of carbonyl (C=O) groups is 4. The van der Waals surface area contributed by atoms with Crippen LogP contribution in [0.25, 0.3) is 0 Å². The maximum absolute atomic E-state index is 12.2. The number of hydrogen-bond acceptors (Lipinski definition) is 5. The molecule has 7 nitrogen and oxygen atoms in total. The maximum Gasteiger partial charge on any atom is 0.326 e. The number of amides is 2. The summed E-state index contributed by atoms with van der Waals surface area (Å²) in [7, 11) is 0. The van der Waals surface area contributed by atoms with Crippen LogP contribution in [0.3, 0.4) is 0 Å². The Morgan fingerprint density at radius 1 is 1.04 bits per heavy atom. The first-order chi connectivity index (χ1) is 12.0. The summed E-state index contributed by atoms with van der Waals surface area (Å²) in [6.45, 7) is 0.704. The minimum Gasteiger partial charge on any atom is -0.456 e. The highest BCUT2D eigenvalue weighted by atomic mass is 16.5. The van der Waals surface area contributed by atoms with Crippen LogP contribution in [0.5, 0.6) is 0 Å². The molecule has 25 heavy (non-hydrogen) atoms. The fourth-order valence-corrected chi connectivity index (χ4v) is 3.07. The Labute approximate surface area is 145 Å². The number of esters is 1. The highest BCUT2D eigenvalue weighted by Gasteiger charge is 2.24. The summed E-state index contributed by atoms with van der Waals surface area (Å²) in [6.07, 6.45) is 2.52. The predicted octanol–water partition coefficient (Wildman–Crippen LogP) is 1.16. The molecule has 0 unspecified atom stereocenters. The lowest BCUT2D eigenvalue weighted by atomic mass is 10.1. The van der Waals surface area contributed by atoms with Gasteiger partial charge in [-0.15, -0.1) is 0 Å². The third-order valence-electron chi connectivity index (χ3n) is 4.41. The first-order valence-electron chi connectivity index (χ1n) is 8.41. The molecule has 0 atom stereocenters. The first-order valence-corrected chi connectivity index (χ1v) is 8.41. The van der Waals surface area contributed by atoms with Gasteiger partial charge in [0.15, 0.2) is 12.4 Å². The lowest BCUT2D eigenvalue weighted by Crippen LogP contribution is -2.32. The first kappa shape index (κ1) is 17.1. The molecule has 132 valence electrons. The largest absolute Gasteiger partial charge is 0.456 e. The third kappa shape index (κ3) is 4.04. The second-order valence-electron chi connectivity index (χ2n) is 6.20. The van der Waals surface area contributed by atoms with E-state index in [2.05, 4.69) is 0 Å². The number of carbonyl (C=O) groups excluding carboxylic acids is 4. The molecule has 0 radical (unpaired) electrons. The maximum atomic E-state index is 12.2. The Balaban J connectivity index is 1.55. The zero-order chi connectivity index (χ0) is 17.8. The topological polar surface area (TPSA) is 84.0 Å². The van der Waals surface area contributed by atoms with Gasteiger partial charge in [0.25, 0.3) is 0 Å². The second-order valence-corrected chi connectivity index (χ2v) is 6.20. The Bertz CT molecular complexity index is 715. The molecule has 3 rings (SSSR count). The molecule has 2 aliphatic rings. The molecule has 1 aromatic carbocycles. The van der Waals surface area contributed by atoms with Crippen molar-refractivity contribution in [1.82, 2.24) is 4.90 Å². The third-order valence-corrected chi connectivity index (χ3v) is 4.41. The van der Waals surface area contributed by atoms with Crippen molar-refractivity contribution in [2.24, 2.45) is 0 Å². The Kier molecular flexibility index (Phi) is 5.11. The van der Waals surface area contributed by atoms with Crippen LogP contribution >= 0.6 is 0 Å². The molecule has 0 aliphatic carbocycles. The van der Waals surface area contributed by atoms with Crippen molar-refractivity contribution in [3.05, 3.63) is 29.8 Å². The normalized spacial score (nSPS) is 17.3. The number of benzene rings is 1. The monoisotopic (exact) mass is 344 g/mol. The van der Waals surface area contributed by atoms with Crippen molar-refractivity contribution in [3.63, 3.8) is 0 Å². The lowest BCUT2D eigenvalue weighted by molar-refractivity contribution is -0.147. The van der Waals surface area contributed by atoms with Crippen molar-refractivity contribution in [3.8, 4) is 0 Å². The average molecular weight is 344 g/mol. The number of anilines is 1. The summed E-state index contributed by atoms with van der Waals surface area (Å²) in [5.74, 6) is -0.943. The Hall–Kier alpha value is -2.70. The molecule has 2 saturated heterocycles. The van der Waals surface area contributed by atoms with E-state index in [0.29, 0.717) is 37.2 Å². The fraction of sp³-hybridized carbons (Fsp3) is 0.444. The minimum atomic E-state index is -0.588. The predicted molar refractivity (Wildman–Crippen MR) is 89.1 cm³/mol. The second kappa shape index (κ2) is 7.46. The van der Waals surface area contributed by atoms with Crippen LogP contribution in [0.2, 0.25) is 0 Å². The van der Waals surface area contributed by atoms with E-state index in [1.165, 1.54) is 4.90 Å². The van der Waals surface area contributed by atoms with Gasteiger partial charge in [-0.2, -0.15) is 0 Å². The van der Waals surface area contributed by atoms with E-state index < -0.39 is 5.97 Å². The SMILES string of the molecule is O=C(CN1CCCC1=O)OCC(=O)c1cccc(N2CCCC2=O)c1. The van der Waals surface area contributed by atoms with Gasteiger partial charge < -0.3 is 14.5 Å². The van der Waals surface area contributed by atoms with Gasteiger partial charge >= 0.3 is 5.97 Å². The van der Waals surface area contributed by atoms with E-state index in [-0.39, 0.29) is 30.7 Å². The number of ether oxygens (including phenoxy) is 1. The van der Waals surface area contributed by atoms with Gasteiger partial charge in [0.2, 0.25) is 11.8 Å². The molecule has 2 fully saturated rings. The van der Waals surface area contributed by atoms with Gasteiger partial charge in [-0.25, -0.2) is 0 Å². The molecule has 2 amide bonds. The molecule has 0 spiro atoms. The van der Waals surface area contributed by atoms with Gasteiger partial charge in [0.1, 0.15) is 6.54 Å². The van der Waals surface area contributed by atoms with Crippen molar-refractivity contribution >= 4 is 29.3 Å². The Morgan fingerprint density at radius 2 is 1.80 bits per heavy atom. The number of likely N-dealkylation sites (tertiary alicyclic amines) is 1. The molecule has 1 aromatic rings. The summed E-state index contributed by atoms with van der Waals surface area (Å²) in [5.41, 5.74) is 1.07. The van der Waals surface area contributed by atoms with E-state index in [1.54, 1.807) is 29.2 Å².